The van der Waals surface area contributed by atoms with Crippen LogP contribution in [0.3, 0.4) is 0 Å². The third kappa shape index (κ3) is 3.77. The normalized spacial score (nSPS) is 13.1. The van der Waals surface area contributed by atoms with Crippen molar-refractivity contribution in [3.8, 4) is 5.88 Å². The van der Waals surface area contributed by atoms with Gasteiger partial charge in [0.15, 0.2) is 15.6 Å². The highest BCUT2D eigenvalue weighted by molar-refractivity contribution is 7.92. The van der Waals surface area contributed by atoms with E-state index < -0.39 is 20.9 Å². The van der Waals surface area contributed by atoms with Crippen molar-refractivity contribution in [3.63, 3.8) is 0 Å². The third-order valence-electron chi connectivity index (χ3n) is 2.36. The van der Waals surface area contributed by atoms with E-state index in [1.54, 1.807) is 0 Å². The predicted molar refractivity (Wildman–Crippen MR) is 61.6 cm³/mol. The van der Waals surface area contributed by atoms with Crippen LogP contribution in [0.2, 0.25) is 0 Å². The number of Topliss-reactive ketones (excluding diaryl/α,β-unsaturated/α-hetero) is 1. The van der Waals surface area contributed by atoms with Gasteiger partial charge >= 0.3 is 0 Å². The van der Waals surface area contributed by atoms with Crippen LogP contribution < -0.4 is 4.74 Å². The Hall–Kier alpha value is -1.50. The largest absolute Gasteiger partial charge is 0.481 e. The molecule has 94 valence electrons. The molecule has 0 aliphatic rings. The Kier molecular flexibility index (Phi) is 4.17. The van der Waals surface area contributed by atoms with E-state index in [0.717, 1.165) is 6.26 Å². The number of rotatable bonds is 5. The molecule has 17 heavy (non-hydrogen) atoms. The molecule has 1 unspecified atom stereocenters. The summed E-state index contributed by atoms with van der Waals surface area (Å²) in [7, 11) is -1.91. The lowest BCUT2D eigenvalue weighted by atomic mass is 10.2. The molecule has 0 spiro atoms. The number of aromatic nitrogens is 2. The van der Waals surface area contributed by atoms with Gasteiger partial charge in [0.25, 0.3) is 0 Å². The zero-order valence-electron chi connectivity index (χ0n) is 9.87. The molecule has 0 saturated heterocycles. The van der Waals surface area contributed by atoms with E-state index in [-0.39, 0.29) is 6.42 Å². The van der Waals surface area contributed by atoms with Gasteiger partial charge in [0.2, 0.25) is 5.88 Å². The molecular weight excluding hydrogens is 244 g/mol. The van der Waals surface area contributed by atoms with Gasteiger partial charge in [-0.1, -0.05) is 0 Å². The summed E-state index contributed by atoms with van der Waals surface area (Å²) in [5.41, 5.74) is 0.442. The molecule has 6 nitrogen and oxygen atoms in total. The highest BCUT2D eigenvalue weighted by atomic mass is 32.2. The number of ether oxygens (including phenoxy) is 1. The number of carbonyl (C=O) groups excluding carboxylic acids is 1. The lowest BCUT2D eigenvalue weighted by molar-refractivity contribution is -0.117. The van der Waals surface area contributed by atoms with Crippen LogP contribution in [0.5, 0.6) is 5.88 Å². The van der Waals surface area contributed by atoms with Gasteiger partial charge in [0, 0.05) is 12.3 Å². The maximum atomic E-state index is 11.7. The zero-order valence-corrected chi connectivity index (χ0v) is 10.7. The van der Waals surface area contributed by atoms with Gasteiger partial charge in [0.05, 0.1) is 19.2 Å². The van der Waals surface area contributed by atoms with Crippen LogP contribution >= 0.6 is 0 Å². The Morgan fingerprint density at radius 2 is 2.12 bits per heavy atom. The summed E-state index contributed by atoms with van der Waals surface area (Å²) in [5.74, 6) is -0.0527. The summed E-state index contributed by atoms with van der Waals surface area (Å²) in [6, 6.07) is 1.51. The van der Waals surface area contributed by atoms with Crippen LogP contribution in [0.1, 0.15) is 12.6 Å². The second-order valence-electron chi connectivity index (χ2n) is 3.67. The van der Waals surface area contributed by atoms with Crippen molar-refractivity contribution < 1.29 is 17.9 Å². The highest BCUT2D eigenvalue weighted by Gasteiger charge is 2.23. The quantitative estimate of drug-likeness (QED) is 0.740. The van der Waals surface area contributed by atoms with Crippen LogP contribution in [-0.4, -0.2) is 42.8 Å². The summed E-state index contributed by atoms with van der Waals surface area (Å²) in [6.07, 6.45) is 2.26. The molecule has 0 aromatic carbocycles. The van der Waals surface area contributed by atoms with Crippen molar-refractivity contribution in [3.05, 3.63) is 18.1 Å². The Balaban J connectivity index is 2.81. The smallest absolute Gasteiger partial charge is 0.216 e. The molecule has 0 aliphatic heterocycles. The fourth-order valence-electron chi connectivity index (χ4n) is 1.15. The maximum absolute atomic E-state index is 11.7. The fourth-order valence-corrected chi connectivity index (χ4v) is 1.71. The van der Waals surface area contributed by atoms with E-state index in [2.05, 4.69) is 9.97 Å². The Morgan fingerprint density at radius 1 is 1.47 bits per heavy atom. The number of methoxy groups -OCH3 is 1. The van der Waals surface area contributed by atoms with Gasteiger partial charge in [-0.25, -0.2) is 18.4 Å². The zero-order chi connectivity index (χ0) is 13.1. The van der Waals surface area contributed by atoms with Crippen molar-refractivity contribution in [2.75, 3.05) is 13.4 Å². The molecule has 0 radical (unpaired) electrons. The molecule has 0 N–H and O–H groups in total. The fraction of sp³-hybridized carbons (Fsp3) is 0.500. The van der Waals surface area contributed by atoms with E-state index in [4.69, 9.17) is 4.74 Å². The lowest BCUT2D eigenvalue weighted by Gasteiger charge is -2.07. The average Bonchev–Trinajstić information content (AvgIpc) is 2.27. The Morgan fingerprint density at radius 3 is 2.65 bits per heavy atom. The average molecular weight is 258 g/mol. The summed E-state index contributed by atoms with van der Waals surface area (Å²) in [5, 5.41) is -1.02. The van der Waals surface area contributed by atoms with Gasteiger partial charge in [-0.2, -0.15) is 0 Å². The van der Waals surface area contributed by atoms with Gasteiger partial charge < -0.3 is 4.74 Å². The van der Waals surface area contributed by atoms with Crippen LogP contribution in [0.15, 0.2) is 12.4 Å². The van der Waals surface area contributed by atoms with E-state index in [0.29, 0.717) is 11.6 Å². The topological polar surface area (TPSA) is 86.2 Å². The van der Waals surface area contributed by atoms with Gasteiger partial charge in [-0.05, 0) is 6.92 Å². The van der Waals surface area contributed by atoms with Gasteiger partial charge in [0.1, 0.15) is 11.6 Å². The molecule has 0 aliphatic carbocycles. The first-order valence-electron chi connectivity index (χ1n) is 4.91. The number of hydrogen-bond donors (Lipinski definition) is 0. The van der Waals surface area contributed by atoms with Gasteiger partial charge in [-0.3, -0.25) is 4.79 Å². The lowest BCUT2D eigenvalue weighted by Crippen LogP contribution is -2.27. The standard InChI is InChI=1S/C10H14N2O4S/c1-7(17(3,14)15)9(13)4-8-5-10(16-2)12-6-11-8/h5-7H,4H2,1-3H3. The molecule has 1 rings (SSSR count). The number of sulfone groups is 1. The minimum absolute atomic E-state index is 0.0485. The molecule has 1 aromatic rings. The first kappa shape index (κ1) is 13.6. The number of ketones is 1. The number of nitrogens with zero attached hydrogens (tertiary/aromatic N) is 2. The van der Waals surface area contributed by atoms with E-state index >= 15 is 0 Å². The van der Waals surface area contributed by atoms with Crippen molar-refractivity contribution >= 4 is 15.6 Å². The second kappa shape index (κ2) is 5.22. The summed E-state index contributed by atoms with van der Waals surface area (Å²) in [4.78, 5) is 19.4. The highest BCUT2D eigenvalue weighted by Crippen LogP contribution is 2.09. The summed E-state index contributed by atoms with van der Waals surface area (Å²) < 4.78 is 27.3. The molecule has 7 heteroatoms. The first-order valence-corrected chi connectivity index (χ1v) is 6.86. The molecule has 0 saturated carbocycles. The minimum Gasteiger partial charge on any atom is -0.481 e. The number of carbonyl (C=O) groups is 1. The van der Waals surface area contributed by atoms with E-state index in [9.17, 15) is 13.2 Å². The third-order valence-corrected chi connectivity index (χ3v) is 3.91. The predicted octanol–water partition coefficient (Wildman–Crippen LogP) is 0.0299. The monoisotopic (exact) mass is 258 g/mol. The van der Waals surface area contributed by atoms with Crippen LogP contribution in [-0.2, 0) is 21.1 Å². The number of hydrogen-bond acceptors (Lipinski definition) is 6. The minimum atomic E-state index is -3.36. The second-order valence-corrected chi connectivity index (χ2v) is 6.03. The maximum Gasteiger partial charge on any atom is 0.216 e. The molecule has 0 bridgehead atoms. The van der Waals surface area contributed by atoms with Crippen LogP contribution in [0.25, 0.3) is 0 Å². The molecule has 0 fully saturated rings. The van der Waals surface area contributed by atoms with E-state index in [1.807, 2.05) is 0 Å². The van der Waals surface area contributed by atoms with Gasteiger partial charge in [-0.15, -0.1) is 0 Å². The first-order chi connectivity index (χ1) is 7.84. The molecule has 1 heterocycles. The Bertz CT molecular complexity index is 513. The van der Waals surface area contributed by atoms with Crippen LogP contribution in [0.4, 0.5) is 0 Å². The van der Waals surface area contributed by atoms with Crippen molar-refractivity contribution in [2.45, 2.75) is 18.6 Å². The van der Waals surface area contributed by atoms with Crippen molar-refractivity contribution in [1.82, 2.24) is 9.97 Å². The summed E-state index contributed by atoms with van der Waals surface area (Å²) >= 11 is 0. The molecule has 1 atom stereocenters. The molecular formula is C10H14N2O4S. The van der Waals surface area contributed by atoms with Crippen molar-refractivity contribution in [1.29, 1.82) is 0 Å². The molecule has 0 amide bonds. The summed E-state index contributed by atoms with van der Waals surface area (Å²) in [6.45, 7) is 1.37. The van der Waals surface area contributed by atoms with Crippen molar-refractivity contribution in [2.24, 2.45) is 0 Å². The SMILES string of the molecule is COc1cc(CC(=O)C(C)S(C)(=O)=O)ncn1. The molecule has 1 aromatic heterocycles. The van der Waals surface area contributed by atoms with E-state index in [1.165, 1.54) is 26.4 Å². The van der Waals surface area contributed by atoms with Crippen LogP contribution in [0, 0.1) is 0 Å². The Labute approximate surface area is 100.0 Å².